The predicted molar refractivity (Wildman–Crippen MR) is 54.7 cm³/mol. The number of benzene rings is 1. The van der Waals surface area contributed by atoms with Crippen molar-refractivity contribution in [1.82, 2.24) is 0 Å². The van der Waals surface area contributed by atoms with Gasteiger partial charge in [0, 0.05) is 6.08 Å². The van der Waals surface area contributed by atoms with E-state index in [9.17, 15) is 22.8 Å². The van der Waals surface area contributed by atoms with Gasteiger partial charge in [0.25, 0.3) is 0 Å². The zero-order chi connectivity index (χ0) is 13.9. The minimum absolute atomic E-state index is 0.113. The van der Waals surface area contributed by atoms with Gasteiger partial charge >= 0.3 is 18.1 Å². The summed E-state index contributed by atoms with van der Waals surface area (Å²) in [6, 6.07) is 3.19. The normalized spacial score (nSPS) is 12.3. The molecular weight excluding hydrogens is 253 g/mol. The van der Waals surface area contributed by atoms with Crippen molar-refractivity contribution >= 4 is 17.5 Å². The lowest BCUT2D eigenvalue weighted by Gasteiger charge is -2.07. The molecule has 1 aromatic carbocycles. The zero-order valence-corrected chi connectivity index (χ0v) is 8.73. The number of rotatable bonds is 3. The lowest BCUT2D eigenvalue weighted by molar-refractivity contribution is -0.137. The molecular formula is C11H7F3O4. The maximum Gasteiger partial charge on any atom is 0.416 e. The molecule has 7 heteroatoms. The molecule has 0 saturated heterocycles. The average molecular weight is 260 g/mol. The molecule has 0 amide bonds. The van der Waals surface area contributed by atoms with Crippen molar-refractivity contribution in [2.45, 2.75) is 6.18 Å². The lowest BCUT2D eigenvalue weighted by atomic mass is 10.0. The smallest absolute Gasteiger partial charge is 0.416 e. The second-order valence-electron chi connectivity index (χ2n) is 3.28. The molecule has 0 radical (unpaired) electrons. The van der Waals surface area contributed by atoms with Gasteiger partial charge in [-0.1, -0.05) is 12.1 Å². The van der Waals surface area contributed by atoms with Gasteiger partial charge in [0.1, 0.15) is 0 Å². The molecule has 0 heterocycles. The first-order valence-electron chi connectivity index (χ1n) is 4.57. The molecule has 96 valence electrons. The zero-order valence-electron chi connectivity index (χ0n) is 8.73. The van der Waals surface area contributed by atoms with Crippen LogP contribution in [0.1, 0.15) is 11.1 Å². The first-order chi connectivity index (χ1) is 8.21. The Morgan fingerprint density at radius 2 is 1.56 bits per heavy atom. The van der Waals surface area contributed by atoms with Crippen LogP contribution < -0.4 is 0 Å². The molecule has 0 fully saturated rings. The van der Waals surface area contributed by atoms with E-state index in [0.29, 0.717) is 18.2 Å². The molecule has 0 aliphatic heterocycles. The van der Waals surface area contributed by atoms with Crippen LogP contribution in [0.15, 0.2) is 30.3 Å². The van der Waals surface area contributed by atoms with Gasteiger partial charge in [-0.15, -0.1) is 0 Å². The monoisotopic (exact) mass is 260 g/mol. The Labute approximate surface area is 99.0 Å². The summed E-state index contributed by atoms with van der Waals surface area (Å²) in [6.45, 7) is 0. The van der Waals surface area contributed by atoms with E-state index in [1.54, 1.807) is 0 Å². The van der Waals surface area contributed by atoms with Crippen LogP contribution in [0, 0.1) is 0 Å². The third-order valence-electron chi connectivity index (χ3n) is 2.02. The summed E-state index contributed by atoms with van der Waals surface area (Å²) in [6.07, 6.45) is -4.11. The van der Waals surface area contributed by atoms with E-state index in [1.165, 1.54) is 0 Å². The van der Waals surface area contributed by atoms with Crippen LogP contribution in [0.4, 0.5) is 13.2 Å². The van der Waals surface area contributed by atoms with Gasteiger partial charge in [-0.3, -0.25) is 0 Å². The molecule has 0 aliphatic rings. The van der Waals surface area contributed by atoms with Crippen LogP contribution in [0.2, 0.25) is 0 Å². The third-order valence-corrected chi connectivity index (χ3v) is 2.02. The van der Waals surface area contributed by atoms with Gasteiger partial charge in [-0.2, -0.15) is 13.2 Å². The number of hydrogen-bond acceptors (Lipinski definition) is 2. The molecule has 0 spiro atoms. The van der Waals surface area contributed by atoms with Gasteiger partial charge in [0.15, 0.2) is 0 Å². The maximum atomic E-state index is 12.3. The van der Waals surface area contributed by atoms with Gasteiger partial charge in [0.05, 0.1) is 11.1 Å². The topological polar surface area (TPSA) is 74.6 Å². The van der Waals surface area contributed by atoms with Crippen molar-refractivity contribution < 1.29 is 33.0 Å². The Kier molecular flexibility index (Phi) is 3.75. The van der Waals surface area contributed by atoms with Crippen LogP contribution in [-0.4, -0.2) is 22.2 Å². The lowest BCUT2D eigenvalue weighted by Crippen LogP contribution is -2.06. The molecule has 0 saturated carbocycles. The van der Waals surface area contributed by atoms with E-state index in [-0.39, 0.29) is 5.56 Å². The Hall–Kier alpha value is -2.31. The minimum Gasteiger partial charge on any atom is -0.478 e. The fourth-order valence-corrected chi connectivity index (χ4v) is 1.23. The number of alkyl halides is 3. The largest absolute Gasteiger partial charge is 0.478 e. The van der Waals surface area contributed by atoms with Crippen molar-refractivity contribution in [3.05, 3.63) is 41.5 Å². The Balaban J connectivity index is 3.18. The number of carboxylic acids is 2. The van der Waals surface area contributed by atoms with Crippen molar-refractivity contribution in [2.24, 2.45) is 0 Å². The highest BCUT2D eigenvalue weighted by molar-refractivity contribution is 6.19. The molecule has 1 aromatic rings. The first-order valence-corrected chi connectivity index (χ1v) is 4.57. The summed E-state index contributed by atoms with van der Waals surface area (Å²) in [4.78, 5) is 21.2. The molecule has 0 unspecified atom stereocenters. The second-order valence-corrected chi connectivity index (χ2v) is 3.28. The van der Waals surface area contributed by atoms with E-state index in [2.05, 4.69) is 0 Å². The molecule has 0 aliphatic carbocycles. The van der Waals surface area contributed by atoms with Crippen molar-refractivity contribution in [3.8, 4) is 0 Å². The van der Waals surface area contributed by atoms with Gasteiger partial charge < -0.3 is 10.2 Å². The number of aliphatic carboxylic acids is 2. The summed E-state index contributed by atoms with van der Waals surface area (Å²) >= 11 is 0. The van der Waals surface area contributed by atoms with E-state index >= 15 is 0 Å². The molecule has 0 aromatic heterocycles. The summed E-state index contributed by atoms with van der Waals surface area (Å²) in [7, 11) is 0. The predicted octanol–water partition coefficient (Wildman–Crippen LogP) is 2.26. The van der Waals surface area contributed by atoms with E-state index in [0.717, 1.165) is 12.1 Å². The number of carbonyl (C=O) groups is 2. The summed E-state index contributed by atoms with van der Waals surface area (Å²) < 4.78 is 36.8. The number of halogens is 3. The van der Waals surface area contributed by atoms with Crippen LogP contribution >= 0.6 is 0 Å². The van der Waals surface area contributed by atoms with Gasteiger partial charge in [-0.05, 0) is 17.7 Å². The Morgan fingerprint density at radius 1 is 1.06 bits per heavy atom. The van der Waals surface area contributed by atoms with E-state index < -0.39 is 29.3 Å². The second kappa shape index (κ2) is 4.91. The summed E-state index contributed by atoms with van der Waals surface area (Å²) in [5.74, 6) is -3.02. The van der Waals surface area contributed by atoms with Crippen LogP contribution in [0.3, 0.4) is 0 Å². The van der Waals surface area contributed by atoms with Gasteiger partial charge in [-0.25, -0.2) is 9.59 Å². The quantitative estimate of drug-likeness (QED) is 0.817. The van der Waals surface area contributed by atoms with Crippen molar-refractivity contribution in [2.75, 3.05) is 0 Å². The molecule has 2 N–H and O–H groups in total. The standard InChI is InChI=1S/C11H7F3O4/c12-11(13,14)7-3-1-6(2-4-7)8(10(17)18)5-9(15)16/h1-5H,(H,15,16)(H,17,18). The van der Waals surface area contributed by atoms with Crippen LogP contribution in [-0.2, 0) is 15.8 Å². The van der Waals surface area contributed by atoms with Crippen LogP contribution in [0.25, 0.3) is 5.57 Å². The average Bonchev–Trinajstić information content (AvgIpc) is 2.24. The molecule has 18 heavy (non-hydrogen) atoms. The van der Waals surface area contributed by atoms with E-state index in [4.69, 9.17) is 10.2 Å². The number of hydrogen-bond donors (Lipinski definition) is 2. The highest BCUT2D eigenvalue weighted by Crippen LogP contribution is 2.30. The minimum atomic E-state index is -4.53. The van der Waals surface area contributed by atoms with Crippen molar-refractivity contribution in [3.63, 3.8) is 0 Å². The van der Waals surface area contributed by atoms with Gasteiger partial charge in [0.2, 0.25) is 0 Å². The molecule has 4 nitrogen and oxygen atoms in total. The van der Waals surface area contributed by atoms with Crippen LogP contribution in [0.5, 0.6) is 0 Å². The molecule has 1 rings (SSSR count). The van der Waals surface area contributed by atoms with Crippen molar-refractivity contribution in [1.29, 1.82) is 0 Å². The fraction of sp³-hybridized carbons (Fsp3) is 0.0909. The summed E-state index contributed by atoms with van der Waals surface area (Å²) in [5, 5.41) is 17.2. The Bertz CT molecular complexity index is 500. The third kappa shape index (κ3) is 3.34. The Morgan fingerprint density at radius 3 is 1.89 bits per heavy atom. The highest BCUT2D eigenvalue weighted by atomic mass is 19.4. The molecule has 0 atom stereocenters. The SMILES string of the molecule is O=C(O)C=C(C(=O)O)c1ccc(C(F)(F)F)cc1. The first kappa shape index (κ1) is 13.8. The van der Waals surface area contributed by atoms with E-state index in [1.807, 2.05) is 0 Å². The molecule has 0 bridgehead atoms. The highest BCUT2D eigenvalue weighted by Gasteiger charge is 2.30. The fourth-order valence-electron chi connectivity index (χ4n) is 1.23. The maximum absolute atomic E-state index is 12.3. The number of carboxylic acid groups (broad SMARTS) is 2. The summed E-state index contributed by atoms with van der Waals surface area (Å²) in [5.41, 5.74) is -1.64.